The highest BCUT2D eigenvalue weighted by Gasteiger charge is 2.41. The van der Waals surface area contributed by atoms with Gasteiger partial charge < -0.3 is 4.74 Å². The van der Waals surface area contributed by atoms with Crippen LogP contribution in [0.3, 0.4) is 0 Å². The number of amides is 1. The summed E-state index contributed by atoms with van der Waals surface area (Å²) in [6.45, 7) is 0.196. The van der Waals surface area contributed by atoms with Crippen molar-refractivity contribution in [1.29, 1.82) is 0 Å². The quantitative estimate of drug-likeness (QED) is 0.738. The van der Waals surface area contributed by atoms with Crippen molar-refractivity contribution >= 4 is 11.7 Å². The van der Waals surface area contributed by atoms with Gasteiger partial charge in [-0.1, -0.05) is 36.4 Å². The van der Waals surface area contributed by atoms with Gasteiger partial charge in [-0.15, -0.1) is 0 Å². The molecule has 0 spiro atoms. The Morgan fingerprint density at radius 2 is 1.96 bits per heavy atom. The highest BCUT2D eigenvalue weighted by molar-refractivity contribution is 5.74. The first-order valence-corrected chi connectivity index (χ1v) is 9.15. The highest BCUT2D eigenvalue weighted by atomic mass is 19.4. The molecule has 2 unspecified atom stereocenters. The number of rotatable bonds is 3. The van der Waals surface area contributed by atoms with E-state index in [0.717, 1.165) is 36.1 Å². The van der Waals surface area contributed by atoms with Crippen LogP contribution < -0.4 is 0 Å². The molecule has 1 aromatic heterocycles. The standard InChI is InChI=1S/C21H19F3N2O2/c22-21(23,24)16-8-9-25-19(12-16)15-10-17-6-7-18(11-15)26(17)20(27)28-13-14-4-2-1-3-5-14/h1-5,8-10,12,17-18H,6-7,11,13H2. The third-order valence-electron chi connectivity index (χ3n) is 5.23. The van der Waals surface area contributed by atoms with Crippen molar-refractivity contribution < 1.29 is 22.7 Å². The van der Waals surface area contributed by atoms with Crippen LogP contribution in [0.5, 0.6) is 0 Å². The Morgan fingerprint density at radius 1 is 1.18 bits per heavy atom. The van der Waals surface area contributed by atoms with Gasteiger partial charge in [0.1, 0.15) is 6.61 Å². The molecule has 2 bridgehead atoms. The fourth-order valence-electron chi connectivity index (χ4n) is 3.88. The molecule has 146 valence electrons. The average molecular weight is 388 g/mol. The number of fused-ring (bicyclic) bond motifs is 2. The third kappa shape index (κ3) is 3.74. The van der Waals surface area contributed by atoms with Gasteiger partial charge in [0.05, 0.1) is 17.3 Å². The predicted molar refractivity (Wildman–Crippen MR) is 97.1 cm³/mol. The first-order valence-electron chi connectivity index (χ1n) is 9.15. The molecule has 4 nitrogen and oxygen atoms in total. The number of hydrogen-bond donors (Lipinski definition) is 0. The number of hydrogen-bond acceptors (Lipinski definition) is 3. The molecule has 0 aliphatic carbocycles. The summed E-state index contributed by atoms with van der Waals surface area (Å²) in [7, 11) is 0. The van der Waals surface area contributed by atoms with Crippen molar-refractivity contribution in [1.82, 2.24) is 9.88 Å². The number of pyridine rings is 1. The maximum Gasteiger partial charge on any atom is 0.416 e. The van der Waals surface area contributed by atoms with Crippen LogP contribution in [0.15, 0.2) is 54.7 Å². The lowest BCUT2D eigenvalue weighted by Gasteiger charge is -2.33. The Hall–Kier alpha value is -2.83. The van der Waals surface area contributed by atoms with Gasteiger partial charge in [-0.05, 0) is 42.5 Å². The van der Waals surface area contributed by atoms with E-state index in [1.165, 1.54) is 6.20 Å². The van der Waals surface area contributed by atoms with Gasteiger partial charge in [-0.25, -0.2) is 4.79 Å². The predicted octanol–water partition coefficient (Wildman–Crippen LogP) is 5.06. The Kier molecular flexibility index (Phi) is 4.83. The van der Waals surface area contributed by atoms with Crippen molar-refractivity contribution in [3.05, 3.63) is 71.6 Å². The zero-order valence-corrected chi connectivity index (χ0v) is 15.0. The minimum atomic E-state index is -4.40. The molecule has 1 amide bonds. The molecule has 0 saturated carbocycles. The van der Waals surface area contributed by atoms with E-state index in [2.05, 4.69) is 4.98 Å². The zero-order valence-electron chi connectivity index (χ0n) is 15.0. The molecule has 2 atom stereocenters. The van der Waals surface area contributed by atoms with E-state index in [1.54, 1.807) is 4.90 Å². The molecule has 1 saturated heterocycles. The summed E-state index contributed by atoms with van der Waals surface area (Å²) < 4.78 is 44.4. The van der Waals surface area contributed by atoms with Crippen LogP contribution in [-0.4, -0.2) is 28.1 Å². The summed E-state index contributed by atoms with van der Waals surface area (Å²) in [5.74, 6) is 0. The van der Waals surface area contributed by atoms with Gasteiger partial charge in [0.2, 0.25) is 0 Å². The van der Waals surface area contributed by atoms with E-state index in [4.69, 9.17) is 4.74 Å². The molecule has 1 aromatic carbocycles. The molecule has 28 heavy (non-hydrogen) atoms. The summed E-state index contributed by atoms with van der Waals surface area (Å²) in [6.07, 6.45) is 0.294. The molecule has 1 fully saturated rings. The number of carbonyl (C=O) groups excluding carboxylic acids is 1. The van der Waals surface area contributed by atoms with Crippen LogP contribution in [0.1, 0.15) is 36.1 Å². The van der Waals surface area contributed by atoms with E-state index >= 15 is 0 Å². The molecule has 0 radical (unpaired) electrons. The van der Waals surface area contributed by atoms with Crippen LogP contribution >= 0.6 is 0 Å². The van der Waals surface area contributed by atoms with E-state index in [-0.39, 0.29) is 24.8 Å². The van der Waals surface area contributed by atoms with Gasteiger partial charge in [0.25, 0.3) is 0 Å². The molecule has 3 heterocycles. The average Bonchev–Trinajstić information content (AvgIpc) is 2.96. The maximum absolute atomic E-state index is 13.0. The van der Waals surface area contributed by atoms with Crippen LogP contribution in [0.2, 0.25) is 0 Å². The van der Waals surface area contributed by atoms with Gasteiger partial charge >= 0.3 is 12.3 Å². The van der Waals surface area contributed by atoms with Gasteiger partial charge in [-0.3, -0.25) is 9.88 Å². The molecular formula is C21H19F3N2O2. The molecule has 0 N–H and O–H groups in total. The van der Waals surface area contributed by atoms with Crippen LogP contribution in [0, 0.1) is 0 Å². The number of carbonyl (C=O) groups is 1. The maximum atomic E-state index is 13.0. The monoisotopic (exact) mass is 388 g/mol. The summed E-state index contributed by atoms with van der Waals surface area (Å²) in [5.41, 5.74) is 1.27. The SMILES string of the molecule is O=C(OCc1ccccc1)N1C2C=C(c3cc(C(F)(F)F)ccn3)CC1CC2. The van der Waals surface area contributed by atoms with Gasteiger partial charge in [0.15, 0.2) is 0 Å². The molecular weight excluding hydrogens is 369 g/mol. The number of alkyl halides is 3. The number of ether oxygens (including phenoxy) is 1. The van der Waals surface area contributed by atoms with Gasteiger partial charge in [-0.2, -0.15) is 13.2 Å². The highest BCUT2D eigenvalue weighted by Crippen LogP contribution is 2.39. The first kappa shape index (κ1) is 18.5. The summed E-state index contributed by atoms with van der Waals surface area (Å²) in [6, 6.07) is 11.2. The molecule has 2 aromatic rings. The lowest BCUT2D eigenvalue weighted by atomic mass is 9.97. The molecule has 2 aliphatic heterocycles. The lowest BCUT2D eigenvalue weighted by molar-refractivity contribution is -0.137. The van der Waals surface area contributed by atoms with Crippen molar-refractivity contribution in [2.24, 2.45) is 0 Å². The lowest BCUT2D eigenvalue weighted by Crippen LogP contribution is -2.43. The van der Waals surface area contributed by atoms with Crippen molar-refractivity contribution in [3.8, 4) is 0 Å². The topological polar surface area (TPSA) is 42.4 Å². The Bertz CT molecular complexity index is 896. The molecule has 2 aliphatic rings. The fourth-order valence-corrected chi connectivity index (χ4v) is 3.88. The number of nitrogens with zero attached hydrogens (tertiary/aromatic N) is 2. The fraction of sp³-hybridized carbons (Fsp3) is 0.333. The zero-order chi connectivity index (χ0) is 19.7. The Morgan fingerprint density at radius 3 is 2.68 bits per heavy atom. The second-order valence-electron chi connectivity index (χ2n) is 7.07. The molecule has 7 heteroatoms. The summed E-state index contributed by atoms with van der Waals surface area (Å²) in [4.78, 5) is 18.4. The second kappa shape index (κ2) is 7.30. The normalized spacial score (nSPS) is 21.4. The Balaban J connectivity index is 1.49. The summed E-state index contributed by atoms with van der Waals surface area (Å²) >= 11 is 0. The van der Waals surface area contributed by atoms with Crippen LogP contribution in [-0.2, 0) is 17.5 Å². The third-order valence-corrected chi connectivity index (χ3v) is 5.23. The second-order valence-corrected chi connectivity index (χ2v) is 7.07. The van der Waals surface area contributed by atoms with Crippen molar-refractivity contribution in [3.63, 3.8) is 0 Å². The van der Waals surface area contributed by atoms with E-state index in [1.807, 2.05) is 36.4 Å². The number of halogens is 3. The molecule has 4 rings (SSSR count). The van der Waals surface area contributed by atoms with Crippen LogP contribution in [0.4, 0.5) is 18.0 Å². The van der Waals surface area contributed by atoms with E-state index in [9.17, 15) is 18.0 Å². The summed E-state index contributed by atoms with van der Waals surface area (Å²) in [5, 5.41) is 0. The van der Waals surface area contributed by atoms with Crippen molar-refractivity contribution in [2.45, 2.75) is 44.1 Å². The van der Waals surface area contributed by atoms with E-state index < -0.39 is 11.7 Å². The Labute approximate surface area is 160 Å². The van der Waals surface area contributed by atoms with Crippen LogP contribution in [0.25, 0.3) is 5.57 Å². The number of aromatic nitrogens is 1. The van der Waals surface area contributed by atoms with Crippen molar-refractivity contribution in [2.75, 3.05) is 0 Å². The smallest absolute Gasteiger partial charge is 0.416 e. The minimum absolute atomic E-state index is 0.0791. The largest absolute Gasteiger partial charge is 0.445 e. The first-order chi connectivity index (χ1) is 13.4. The van der Waals surface area contributed by atoms with Gasteiger partial charge in [0, 0.05) is 12.2 Å². The minimum Gasteiger partial charge on any atom is -0.445 e. The van der Waals surface area contributed by atoms with E-state index in [0.29, 0.717) is 12.1 Å². The number of benzene rings is 1.